The maximum atomic E-state index is 12.6. The molecule has 1 heterocycles. The standard InChI is InChI=1S/C25H30ClN3O3/c1-6-28(7-2)25(31)32-22-9-8-21-20(23(22)27-24(30)18(5)26)10-11-29(21)15-19-13-16(3)12-17(4)14-19/h8-14,18H,6-7,15H2,1-5H3,(H,27,30). The third-order valence-corrected chi connectivity index (χ3v) is 5.58. The number of aryl methyl sites for hydroxylation is 2. The Hall–Kier alpha value is -2.99. The van der Waals surface area contributed by atoms with Crippen LogP contribution >= 0.6 is 11.6 Å². The van der Waals surface area contributed by atoms with Crippen LogP contribution in [-0.2, 0) is 11.3 Å². The van der Waals surface area contributed by atoms with Gasteiger partial charge in [-0.2, -0.15) is 0 Å². The smallest absolute Gasteiger partial charge is 0.408 e. The highest BCUT2D eigenvalue weighted by atomic mass is 35.5. The van der Waals surface area contributed by atoms with Crippen molar-refractivity contribution in [1.29, 1.82) is 0 Å². The SMILES string of the molecule is CCN(CC)C(=O)Oc1ccc2c(ccn2Cc2cc(C)cc(C)c2)c1NC(=O)C(C)Cl. The Morgan fingerprint density at radius 2 is 1.75 bits per heavy atom. The van der Waals surface area contributed by atoms with E-state index in [1.807, 2.05) is 32.2 Å². The molecule has 0 bridgehead atoms. The zero-order chi connectivity index (χ0) is 23.4. The molecule has 6 nitrogen and oxygen atoms in total. The molecule has 0 aliphatic carbocycles. The van der Waals surface area contributed by atoms with E-state index in [9.17, 15) is 9.59 Å². The molecule has 0 radical (unpaired) electrons. The molecule has 2 aromatic carbocycles. The maximum absolute atomic E-state index is 12.6. The fourth-order valence-corrected chi connectivity index (χ4v) is 3.88. The van der Waals surface area contributed by atoms with Crippen molar-refractivity contribution < 1.29 is 14.3 Å². The molecule has 3 aromatic rings. The first-order chi connectivity index (χ1) is 15.2. The third kappa shape index (κ3) is 5.25. The van der Waals surface area contributed by atoms with Crippen LogP contribution in [0, 0.1) is 13.8 Å². The molecule has 3 rings (SSSR count). The molecule has 0 spiro atoms. The second-order valence-electron chi connectivity index (χ2n) is 7.96. The molecule has 170 valence electrons. The highest BCUT2D eigenvalue weighted by Gasteiger charge is 2.20. The lowest BCUT2D eigenvalue weighted by molar-refractivity contribution is -0.115. The van der Waals surface area contributed by atoms with E-state index in [-0.39, 0.29) is 5.91 Å². The fraction of sp³-hybridized carbons (Fsp3) is 0.360. The summed E-state index contributed by atoms with van der Waals surface area (Å²) in [6.07, 6.45) is 1.51. The van der Waals surface area contributed by atoms with Gasteiger partial charge in [-0.15, -0.1) is 11.6 Å². The van der Waals surface area contributed by atoms with Crippen molar-refractivity contribution in [2.75, 3.05) is 18.4 Å². The van der Waals surface area contributed by atoms with Crippen LogP contribution in [0.2, 0.25) is 0 Å². The van der Waals surface area contributed by atoms with Gasteiger partial charge >= 0.3 is 6.09 Å². The Kier molecular flexibility index (Phi) is 7.46. The number of rotatable bonds is 7. The highest BCUT2D eigenvalue weighted by Crippen LogP contribution is 2.35. The van der Waals surface area contributed by atoms with E-state index in [0.717, 1.165) is 10.9 Å². The molecule has 0 saturated carbocycles. The van der Waals surface area contributed by atoms with Crippen molar-refractivity contribution in [2.45, 2.75) is 46.5 Å². The number of amides is 2. The minimum Gasteiger partial charge on any atom is -0.408 e. The molecule has 7 heteroatoms. The van der Waals surface area contributed by atoms with Gasteiger partial charge in [-0.25, -0.2) is 4.79 Å². The van der Waals surface area contributed by atoms with Crippen LogP contribution in [0.3, 0.4) is 0 Å². The number of nitrogens with zero attached hydrogens (tertiary/aromatic N) is 2. The van der Waals surface area contributed by atoms with Crippen molar-refractivity contribution in [3.8, 4) is 5.75 Å². The zero-order valence-corrected chi connectivity index (χ0v) is 20.0. The van der Waals surface area contributed by atoms with E-state index < -0.39 is 11.5 Å². The number of hydrogen-bond acceptors (Lipinski definition) is 3. The monoisotopic (exact) mass is 455 g/mol. The van der Waals surface area contributed by atoms with Gasteiger partial charge in [0.1, 0.15) is 5.38 Å². The first-order valence-electron chi connectivity index (χ1n) is 10.8. The Morgan fingerprint density at radius 3 is 2.34 bits per heavy atom. The summed E-state index contributed by atoms with van der Waals surface area (Å²) < 4.78 is 7.77. The molecule has 0 aliphatic heterocycles. The summed E-state index contributed by atoms with van der Waals surface area (Å²) in [6.45, 7) is 11.3. The van der Waals surface area contributed by atoms with Gasteiger partial charge in [-0.1, -0.05) is 29.3 Å². The van der Waals surface area contributed by atoms with Crippen molar-refractivity contribution >= 4 is 40.2 Å². The van der Waals surface area contributed by atoms with E-state index in [1.54, 1.807) is 17.9 Å². The molecular weight excluding hydrogens is 426 g/mol. The van der Waals surface area contributed by atoms with Crippen LogP contribution in [0.5, 0.6) is 5.75 Å². The molecule has 1 atom stereocenters. The summed E-state index contributed by atoms with van der Waals surface area (Å²) in [4.78, 5) is 26.5. The molecule has 32 heavy (non-hydrogen) atoms. The van der Waals surface area contributed by atoms with Crippen molar-refractivity contribution in [2.24, 2.45) is 0 Å². The van der Waals surface area contributed by atoms with Crippen LogP contribution in [0.25, 0.3) is 10.9 Å². The molecule has 1 unspecified atom stereocenters. The number of hydrogen-bond donors (Lipinski definition) is 1. The van der Waals surface area contributed by atoms with Gasteiger partial charge in [0, 0.05) is 31.2 Å². The molecule has 0 aliphatic rings. The number of anilines is 1. The molecule has 0 fully saturated rings. The Bertz CT molecular complexity index is 1110. The first-order valence-corrected chi connectivity index (χ1v) is 11.3. The number of ether oxygens (including phenoxy) is 1. The average molecular weight is 456 g/mol. The molecule has 0 saturated heterocycles. The van der Waals surface area contributed by atoms with Crippen molar-refractivity contribution in [1.82, 2.24) is 9.47 Å². The van der Waals surface area contributed by atoms with Gasteiger partial charge in [0.2, 0.25) is 5.91 Å². The van der Waals surface area contributed by atoms with Crippen molar-refractivity contribution in [3.05, 3.63) is 59.3 Å². The fourth-order valence-electron chi connectivity index (χ4n) is 3.82. The molecule has 2 amide bonds. The Balaban J connectivity index is 2.03. The van der Waals surface area contributed by atoms with Crippen LogP contribution in [0.1, 0.15) is 37.5 Å². The van der Waals surface area contributed by atoms with E-state index in [4.69, 9.17) is 16.3 Å². The second kappa shape index (κ2) is 10.1. The quantitative estimate of drug-likeness (QED) is 0.464. The minimum atomic E-state index is -0.728. The molecular formula is C25H30ClN3O3. The van der Waals surface area contributed by atoms with Gasteiger partial charge in [0.05, 0.1) is 11.2 Å². The van der Waals surface area contributed by atoms with Gasteiger partial charge < -0.3 is 19.5 Å². The minimum absolute atomic E-state index is 0.296. The predicted octanol–water partition coefficient (Wildman–Crippen LogP) is 5.71. The summed E-state index contributed by atoms with van der Waals surface area (Å²) in [5.41, 5.74) is 4.98. The van der Waals surface area contributed by atoms with Crippen molar-refractivity contribution in [3.63, 3.8) is 0 Å². The number of fused-ring (bicyclic) bond motifs is 1. The highest BCUT2D eigenvalue weighted by molar-refractivity contribution is 6.32. The van der Waals surface area contributed by atoms with Crippen LogP contribution in [0.4, 0.5) is 10.5 Å². The predicted molar refractivity (Wildman–Crippen MR) is 130 cm³/mol. The molecule has 1 N–H and O–H groups in total. The lowest BCUT2D eigenvalue weighted by atomic mass is 10.1. The van der Waals surface area contributed by atoms with Gasteiger partial charge in [-0.3, -0.25) is 4.79 Å². The number of halogens is 1. The number of alkyl halides is 1. The number of nitrogens with one attached hydrogen (secondary N) is 1. The van der Waals surface area contributed by atoms with Gasteiger partial charge in [0.15, 0.2) is 5.75 Å². The summed E-state index contributed by atoms with van der Waals surface area (Å²) in [7, 11) is 0. The topological polar surface area (TPSA) is 63.6 Å². The summed E-state index contributed by atoms with van der Waals surface area (Å²) in [5, 5.41) is 2.90. The average Bonchev–Trinajstić information content (AvgIpc) is 3.12. The normalized spacial score (nSPS) is 11.9. The number of carbonyl (C=O) groups is 2. The Labute approximate surface area is 194 Å². The summed E-state index contributed by atoms with van der Waals surface area (Å²) in [6, 6.07) is 12.0. The number of aromatic nitrogens is 1. The molecule has 1 aromatic heterocycles. The van der Waals surface area contributed by atoms with Crippen LogP contribution in [0.15, 0.2) is 42.6 Å². The lowest BCUT2D eigenvalue weighted by Gasteiger charge is -2.20. The van der Waals surface area contributed by atoms with E-state index >= 15 is 0 Å². The maximum Gasteiger partial charge on any atom is 0.415 e. The number of benzene rings is 2. The Morgan fingerprint density at radius 1 is 1.09 bits per heavy atom. The van der Waals surface area contributed by atoms with Crippen LogP contribution < -0.4 is 10.1 Å². The second-order valence-corrected chi connectivity index (χ2v) is 8.61. The largest absolute Gasteiger partial charge is 0.415 e. The van der Waals surface area contributed by atoms with E-state index in [2.05, 4.69) is 41.9 Å². The number of carbonyl (C=O) groups excluding carboxylic acids is 2. The van der Waals surface area contributed by atoms with E-state index in [1.165, 1.54) is 16.7 Å². The first kappa shape index (κ1) is 23.7. The zero-order valence-electron chi connectivity index (χ0n) is 19.2. The van der Waals surface area contributed by atoms with Gasteiger partial charge in [-0.05, 0) is 58.4 Å². The summed E-state index contributed by atoms with van der Waals surface area (Å²) >= 11 is 5.99. The third-order valence-electron chi connectivity index (χ3n) is 5.38. The lowest BCUT2D eigenvalue weighted by Crippen LogP contribution is -2.33. The van der Waals surface area contributed by atoms with E-state index in [0.29, 0.717) is 31.1 Å². The summed E-state index contributed by atoms with van der Waals surface area (Å²) in [5.74, 6) is -0.0643. The van der Waals surface area contributed by atoms with Crippen LogP contribution in [-0.4, -0.2) is 39.9 Å². The van der Waals surface area contributed by atoms with Gasteiger partial charge in [0.25, 0.3) is 0 Å².